The highest BCUT2D eigenvalue weighted by Crippen LogP contribution is 2.22. The van der Waals surface area contributed by atoms with E-state index in [-0.39, 0.29) is 18.9 Å². The van der Waals surface area contributed by atoms with E-state index in [9.17, 15) is 13.2 Å². The fraction of sp³-hybridized carbons (Fsp3) is 0.632. The lowest BCUT2D eigenvalue weighted by molar-refractivity contribution is -0.130. The summed E-state index contributed by atoms with van der Waals surface area (Å²) >= 11 is 0. The van der Waals surface area contributed by atoms with Crippen molar-refractivity contribution < 1.29 is 13.2 Å². The number of likely N-dealkylation sites (tertiary alicyclic amines) is 1. The molecule has 0 N–H and O–H groups in total. The summed E-state index contributed by atoms with van der Waals surface area (Å²) in [5, 5.41) is 0. The van der Waals surface area contributed by atoms with Gasteiger partial charge in [0.2, 0.25) is 15.9 Å². The van der Waals surface area contributed by atoms with E-state index in [1.807, 2.05) is 29.2 Å². The molecule has 0 bridgehead atoms. The van der Waals surface area contributed by atoms with Crippen molar-refractivity contribution in [1.29, 1.82) is 0 Å². The van der Waals surface area contributed by atoms with Crippen LogP contribution < -0.4 is 4.31 Å². The first-order chi connectivity index (χ1) is 11.8. The van der Waals surface area contributed by atoms with Gasteiger partial charge in [-0.25, -0.2) is 8.42 Å². The number of sulfonamides is 1. The van der Waals surface area contributed by atoms with Gasteiger partial charge in [-0.2, -0.15) is 0 Å². The number of hydrogen-bond acceptors (Lipinski definition) is 3. The van der Waals surface area contributed by atoms with E-state index in [0.29, 0.717) is 11.6 Å². The first-order valence-electron chi connectivity index (χ1n) is 9.14. The third-order valence-corrected chi connectivity index (χ3v) is 5.93. The van der Waals surface area contributed by atoms with Crippen molar-refractivity contribution in [2.24, 2.45) is 0 Å². The standard InChI is InChI=1S/C19H30N2O3S/c1-16(2)17-8-10-18(11-9-17)21(25(3,23)24)15-12-19(22)20-13-6-4-5-7-14-20/h8-11,16H,4-7,12-15H2,1-3H3. The first-order valence-corrected chi connectivity index (χ1v) is 11.0. The second kappa shape index (κ2) is 8.70. The van der Waals surface area contributed by atoms with Crippen LogP contribution in [0.5, 0.6) is 0 Å². The van der Waals surface area contributed by atoms with Crippen LogP contribution in [0.2, 0.25) is 0 Å². The first kappa shape index (κ1) is 19.8. The molecule has 1 aromatic carbocycles. The molecule has 0 radical (unpaired) electrons. The Bertz CT molecular complexity index is 660. The number of nitrogens with zero attached hydrogens (tertiary/aromatic N) is 2. The average molecular weight is 367 g/mol. The van der Waals surface area contributed by atoms with Crippen molar-refractivity contribution in [3.63, 3.8) is 0 Å². The van der Waals surface area contributed by atoms with Crippen molar-refractivity contribution in [3.05, 3.63) is 29.8 Å². The molecule has 2 rings (SSSR count). The van der Waals surface area contributed by atoms with Crippen LogP contribution in [0.3, 0.4) is 0 Å². The van der Waals surface area contributed by atoms with Crippen LogP contribution in [0, 0.1) is 0 Å². The Hall–Kier alpha value is -1.56. The highest BCUT2D eigenvalue weighted by Gasteiger charge is 2.21. The lowest BCUT2D eigenvalue weighted by atomic mass is 10.0. The van der Waals surface area contributed by atoms with Gasteiger partial charge in [0.05, 0.1) is 11.9 Å². The number of benzene rings is 1. The molecule has 1 fully saturated rings. The molecule has 0 atom stereocenters. The summed E-state index contributed by atoms with van der Waals surface area (Å²) < 4.78 is 25.7. The number of carbonyl (C=O) groups is 1. The summed E-state index contributed by atoms with van der Waals surface area (Å²) in [6.07, 6.45) is 5.83. The maximum atomic E-state index is 12.5. The lowest BCUT2D eigenvalue weighted by Gasteiger charge is -2.25. The van der Waals surface area contributed by atoms with Gasteiger partial charge in [-0.3, -0.25) is 9.10 Å². The molecule has 1 saturated heterocycles. The minimum atomic E-state index is -3.42. The van der Waals surface area contributed by atoms with E-state index in [1.165, 1.54) is 23.4 Å². The van der Waals surface area contributed by atoms with Gasteiger partial charge in [0.1, 0.15) is 0 Å². The zero-order valence-electron chi connectivity index (χ0n) is 15.6. The molecule has 1 heterocycles. The predicted octanol–water partition coefficient (Wildman–Crippen LogP) is 3.37. The van der Waals surface area contributed by atoms with Crippen LogP contribution in [0.25, 0.3) is 0 Å². The van der Waals surface area contributed by atoms with Gasteiger partial charge in [-0.05, 0) is 36.5 Å². The van der Waals surface area contributed by atoms with Crippen molar-refractivity contribution in [2.45, 2.75) is 51.9 Å². The topological polar surface area (TPSA) is 57.7 Å². The SMILES string of the molecule is CC(C)c1ccc(N(CCC(=O)N2CCCCCC2)S(C)(=O)=O)cc1. The van der Waals surface area contributed by atoms with Crippen LogP contribution in [0.4, 0.5) is 5.69 Å². The third-order valence-electron chi connectivity index (χ3n) is 4.74. The molecule has 5 nitrogen and oxygen atoms in total. The summed E-state index contributed by atoms with van der Waals surface area (Å²) in [5.74, 6) is 0.444. The lowest BCUT2D eigenvalue weighted by Crippen LogP contribution is -2.37. The Morgan fingerprint density at radius 2 is 1.64 bits per heavy atom. The molecule has 1 aliphatic heterocycles. The summed E-state index contributed by atoms with van der Waals surface area (Å²) in [4.78, 5) is 14.3. The molecule has 0 aliphatic carbocycles. The maximum absolute atomic E-state index is 12.5. The van der Waals surface area contributed by atoms with Gasteiger partial charge in [0, 0.05) is 26.1 Å². The zero-order valence-corrected chi connectivity index (χ0v) is 16.4. The number of carbonyl (C=O) groups excluding carboxylic acids is 1. The molecule has 25 heavy (non-hydrogen) atoms. The molecule has 0 aromatic heterocycles. The van der Waals surface area contributed by atoms with Crippen LogP contribution in [0.1, 0.15) is 57.4 Å². The Kier molecular flexibility index (Phi) is 6.87. The Morgan fingerprint density at radius 3 is 2.12 bits per heavy atom. The van der Waals surface area contributed by atoms with Crippen LogP contribution in [0.15, 0.2) is 24.3 Å². The largest absolute Gasteiger partial charge is 0.343 e. The molecule has 1 aliphatic rings. The summed E-state index contributed by atoms with van der Waals surface area (Å²) in [6, 6.07) is 7.56. The fourth-order valence-electron chi connectivity index (χ4n) is 3.19. The fourth-order valence-corrected chi connectivity index (χ4v) is 4.11. The molecular formula is C19H30N2O3S. The van der Waals surface area contributed by atoms with Crippen LogP contribution in [-0.2, 0) is 14.8 Å². The van der Waals surface area contributed by atoms with E-state index in [2.05, 4.69) is 13.8 Å². The van der Waals surface area contributed by atoms with Crippen molar-refractivity contribution in [1.82, 2.24) is 4.90 Å². The van der Waals surface area contributed by atoms with Crippen molar-refractivity contribution in [3.8, 4) is 0 Å². The number of amides is 1. The van der Waals surface area contributed by atoms with E-state index in [4.69, 9.17) is 0 Å². The summed E-state index contributed by atoms with van der Waals surface area (Å²) in [7, 11) is -3.42. The van der Waals surface area contributed by atoms with E-state index < -0.39 is 10.0 Å². The molecule has 0 spiro atoms. The molecule has 0 saturated carbocycles. The predicted molar refractivity (Wildman–Crippen MR) is 102 cm³/mol. The Labute approximate surface area is 152 Å². The Balaban J connectivity index is 2.06. The highest BCUT2D eigenvalue weighted by atomic mass is 32.2. The maximum Gasteiger partial charge on any atom is 0.232 e. The minimum Gasteiger partial charge on any atom is -0.343 e. The number of anilines is 1. The highest BCUT2D eigenvalue weighted by molar-refractivity contribution is 7.92. The van der Waals surface area contributed by atoms with Gasteiger partial charge >= 0.3 is 0 Å². The smallest absolute Gasteiger partial charge is 0.232 e. The Morgan fingerprint density at radius 1 is 1.08 bits per heavy atom. The zero-order chi connectivity index (χ0) is 18.4. The minimum absolute atomic E-state index is 0.0503. The van der Waals surface area contributed by atoms with E-state index in [0.717, 1.165) is 31.5 Å². The van der Waals surface area contributed by atoms with Gasteiger partial charge in [0.25, 0.3) is 0 Å². The average Bonchev–Trinajstić information content (AvgIpc) is 2.83. The monoisotopic (exact) mass is 366 g/mol. The molecular weight excluding hydrogens is 336 g/mol. The van der Waals surface area contributed by atoms with Crippen molar-refractivity contribution >= 4 is 21.6 Å². The molecule has 140 valence electrons. The van der Waals surface area contributed by atoms with Crippen LogP contribution >= 0.6 is 0 Å². The van der Waals surface area contributed by atoms with E-state index >= 15 is 0 Å². The van der Waals surface area contributed by atoms with Crippen molar-refractivity contribution in [2.75, 3.05) is 30.2 Å². The van der Waals surface area contributed by atoms with Gasteiger partial charge in [0.15, 0.2) is 0 Å². The molecule has 6 heteroatoms. The van der Waals surface area contributed by atoms with Gasteiger partial charge < -0.3 is 4.90 Å². The van der Waals surface area contributed by atoms with Gasteiger partial charge in [-0.15, -0.1) is 0 Å². The second-order valence-corrected chi connectivity index (χ2v) is 9.03. The van der Waals surface area contributed by atoms with Crippen LogP contribution in [-0.4, -0.2) is 45.1 Å². The van der Waals surface area contributed by atoms with Gasteiger partial charge in [-0.1, -0.05) is 38.8 Å². The molecule has 1 amide bonds. The molecule has 1 aromatic rings. The summed E-state index contributed by atoms with van der Waals surface area (Å²) in [6.45, 7) is 5.98. The quantitative estimate of drug-likeness (QED) is 0.775. The normalized spacial score (nSPS) is 15.9. The molecule has 0 unspecified atom stereocenters. The second-order valence-electron chi connectivity index (χ2n) is 7.13. The van der Waals surface area contributed by atoms with E-state index in [1.54, 1.807) is 0 Å². The summed E-state index contributed by atoms with van der Waals surface area (Å²) in [5.41, 5.74) is 1.79. The third kappa shape index (κ3) is 5.73. The number of hydrogen-bond donors (Lipinski definition) is 0. The number of rotatable bonds is 6.